The number of thioether (sulfide) groups is 1. The van der Waals surface area contributed by atoms with Crippen molar-refractivity contribution in [3.63, 3.8) is 0 Å². The van der Waals surface area contributed by atoms with Crippen molar-refractivity contribution in [3.8, 4) is 22.8 Å². The minimum Gasteiger partial charge on any atom is -0.506 e. The topological polar surface area (TPSA) is 239 Å². The van der Waals surface area contributed by atoms with Crippen LogP contribution in [0.5, 0.6) is 11.5 Å². The second-order valence-corrected chi connectivity index (χ2v) is 18.3. The summed E-state index contributed by atoms with van der Waals surface area (Å²) in [6.07, 6.45) is 6.42. The number of ether oxygens (including phenoxy) is 7. The van der Waals surface area contributed by atoms with Gasteiger partial charge in [0.05, 0.1) is 101 Å². The molecule has 77 heavy (non-hydrogen) atoms. The van der Waals surface area contributed by atoms with E-state index in [9.17, 15) is 24.2 Å². The lowest BCUT2D eigenvalue weighted by atomic mass is 10.1. The number of aromatic hydroxyl groups is 1. The maximum atomic E-state index is 13.7. The Hall–Kier alpha value is -7.44. The molecule has 8 rings (SSSR count). The summed E-state index contributed by atoms with van der Waals surface area (Å²) < 4.78 is 60.2. The van der Waals surface area contributed by atoms with Gasteiger partial charge in [-0.05, 0) is 67.1 Å². The predicted octanol–water partition coefficient (Wildman–Crippen LogP) is 6.82. The highest BCUT2D eigenvalue weighted by Crippen LogP contribution is 2.41. The van der Waals surface area contributed by atoms with Crippen LogP contribution >= 0.6 is 11.8 Å². The molecule has 3 aromatic carbocycles. The highest BCUT2D eigenvalue weighted by atomic mass is 32.2. The van der Waals surface area contributed by atoms with Crippen molar-refractivity contribution in [1.82, 2.24) is 14.3 Å². The molecule has 0 bridgehead atoms. The van der Waals surface area contributed by atoms with Crippen LogP contribution in [0.25, 0.3) is 33.9 Å². The minimum absolute atomic E-state index is 0.0164. The maximum absolute atomic E-state index is 13.7. The third-order valence-electron chi connectivity index (χ3n) is 12.0. The number of pyridine rings is 1. The average molecular weight is 1080 g/mol. The SMILES string of the molecule is CCOC(=O)C1=C(O)/C(=C/c2ccc(OCCOCCN=CC(COCCOCCOCCOCCN3CCN(c4ccc5cc(-c6cn7ccc(F)cc7n6)c(=O)oc5c4)CC3)=NN)c(O)c2)SC1=Nc1ccccc1. The fraction of sp³-hybridized carbons (Fsp3) is 0.345. The van der Waals surface area contributed by atoms with Gasteiger partial charge in [-0.25, -0.2) is 24.0 Å². The van der Waals surface area contributed by atoms with Gasteiger partial charge in [-0.15, -0.1) is 0 Å². The number of fused-ring (bicyclic) bond motifs is 2. The van der Waals surface area contributed by atoms with Crippen LogP contribution in [0, 0.1) is 5.82 Å². The summed E-state index contributed by atoms with van der Waals surface area (Å²) in [5.74, 6) is 4.34. The van der Waals surface area contributed by atoms with Crippen molar-refractivity contribution < 1.29 is 57.0 Å². The summed E-state index contributed by atoms with van der Waals surface area (Å²) >= 11 is 1.13. The van der Waals surface area contributed by atoms with Crippen LogP contribution in [-0.2, 0) is 33.2 Å². The Morgan fingerprint density at radius 2 is 1.60 bits per heavy atom. The number of aromatic nitrogens is 2. The lowest BCUT2D eigenvalue weighted by molar-refractivity contribution is -0.138. The van der Waals surface area contributed by atoms with Crippen LogP contribution in [0.1, 0.15) is 12.5 Å². The molecule has 1 saturated heterocycles. The van der Waals surface area contributed by atoms with E-state index in [1.165, 1.54) is 24.4 Å². The van der Waals surface area contributed by atoms with E-state index in [1.807, 2.05) is 36.4 Å². The first-order valence-electron chi connectivity index (χ1n) is 25.1. The molecule has 2 aliphatic heterocycles. The largest absolute Gasteiger partial charge is 0.506 e. The number of rotatable bonds is 28. The molecule has 2 aliphatic rings. The molecular weight excluding hydrogens is 1020 g/mol. The Morgan fingerprint density at radius 3 is 2.35 bits per heavy atom. The van der Waals surface area contributed by atoms with Gasteiger partial charge in [0.25, 0.3) is 0 Å². The summed E-state index contributed by atoms with van der Waals surface area (Å²) in [6.45, 7) is 10.4. The van der Waals surface area contributed by atoms with Crippen molar-refractivity contribution in [2.24, 2.45) is 20.9 Å². The van der Waals surface area contributed by atoms with E-state index < -0.39 is 17.4 Å². The van der Waals surface area contributed by atoms with E-state index >= 15 is 0 Å². The number of aliphatic hydroxyl groups is 1. The first-order valence-corrected chi connectivity index (χ1v) is 25.9. The summed E-state index contributed by atoms with van der Waals surface area (Å²) in [5.41, 5.74) is 3.78. The molecule has 0 unspecified atom stereocenters. The van der Waals surface area contributed by atoms with E-state index in [4.69, 9.17) is 43.4 Å². The lowest BCUT2D eigenvalue weighted by Crippen LogP contribution is -2.47. The fourth-order valence-corrected chi connectivity index (χ4v) is 9.07. The Morgan fingerprint density at radius 1 is 0.857 bits per heavy atom. The number of benzene rings is 3. The molecule has 0 atom stereocenters. The van der Waals surface area contributed by atoms with Crippen molar-refractivity contribution in [3.05, 3.63) is 135 Å². The number of hydrogen-bond donors (Lipinski definition) is 3. The Kier molecular flexibility index (Phi) is 20.7. The molecule has 0 spiro atoms. The Bertz CT molecular complexity index is 3160. The van der Waals surface area contributed by atoms with E-state index in [0.717, 1.165) is 55.6 Å². The molecule has 6 aromatic rings. The van der Waals surface area contributed by atoms with E-state index in [2.05, 4.69) is 29.9 Å². The zero-order valence-corrected chi connectivity index (χ0v) is 43.4. The number of aliphatic imine (C=N–C) groups is 2. The molecule has 20 nitrogen and oxygen atoms in total. The number of phenols is 1. The number of para-hydroxylation sites is 1. The highest BCUT2D eigenvalue weighted by Gasteiger charge is 2.33. The van der Waals surface area contributed by atoms with E-state index in [0.29, 0.717) is 109 Å². The van der Waals surface area contributed by atoms with Crippen LogP contribution in [-0.4, -0.2) is 166 Å². The van der Waals surface area contributed by atoms with Crippen LogP contribution in [0.2, 0.25) is 0 Å². The molecule has 4 N–H and O–H groups in total. The number of carbonyl (C=O) groups is 1. The van der Waals surface area contributed by atoms with Crippen LogP contribution in [0.15, 0.2) is 138 Å². The first kappa shape index (κ1) is 55.8. The number of imidazole rings is 1. The van der Waals surface area contributed by atoms with Gasteiger partial charge >= 0.3 is 11.6 Å². The van der Waals surface area contributed by atoms with Gasteiger partial charge in [0.1, 0.15) is 45.7 Å². The number of hydrogen-bond acceptors (Lipinski definition) is 20. The number of nitrogens with zero attached hydrogens (tertiary/aromatic N) is 7. The van der Waals surface area contributed by atoms with Gasteiger partial charge in [-0.1, -0.05) is 36.0 Å². The number of nitrogens with two attached hydrogens (primary N) is 1. The second-order valence-electron chi connectivity index (χ2n) is 17.3. The summed E-state index contributed by atoms with van der Waals surface area (Å²) in [4.78, 5) is 43.9. The molecule has 0 aliphatic carbocycles. The lowest BCUT2D eigenvalue weighted by Gasteiger charge is -2.36. The molecule has 0 amide bonds. The average Bonchev–Trinajstić information content (AvgIpc) is 3.99. The quantitative estimate of drug-likeness (QED) is 0.0114. The van der Waals surface area contributed by atoms with Crippen LogP contribution in [0.3, 0.4) is 0 Å². The molecule has 1 fully saturated rings. The van der Waals surface area contributed by atoms with E-state index in [-0.39, 0.29) is 49.3 Å². The number of piperazine rings is 1. The summed E-state index contributed by atoms with van der Waals surface area (Å²) in [5, 5.41) is 26.4. The summed E-state index contributed by atoms with van der Waals surface area (Å²) in [7, 11) is 0. The van der Waals surface area contributed by atoms with Gasteiger partial charge in [-0.3, -0.25) is 9.89 Å². The van der Waals surface area contributed by atoms with E-state index in [1.54, 1.807) is 60.1 Å². The monoisotopic (exact) mass is 1080 g/mol. The smallest absolute Gasteiger partial charge is 0.345 e. The van der Waals surface area contributed by atoms with Crippen molar-refractivity contribution in [2.45, 2.75) is 6.92 Å². The first-order chi connectivity index (χ1) is 37.6. The molecule has 22 heteroatoms. The molecule has 0 saturated carbocycles. The summed E-state index contributed by atoms with van der Waals surface area (Å²) in [6, 6.07) is 24.2. The number of aliphatic hydroxyl groups excluding tert-OH is 1. The third kappa shape index (κ3) is 16.1. The van der Waals surface area contributed by atoms with Gasteiger partial charge in [-0.2, -0.15) is 5.10 Å². The highest BCUT2D eigenvalue weighted by molar-refractivity contribution is 8.18. The predicted molar refractivity (Wildman–Crippen MR) is 293 cm³/mol. The molecule has 5 heterocycles. The molecular formula is C55H61FN8O12S. The third-order valence-corrected chi connectivity index (χ3v) is 13.0. The zero-order valence-electron chi connectivity index (χ0n) is 42.6. The minimum atomic E-state index is -0.676. The number of hydrazone groups is 1. The van der Waals surface area contributed by atoms with Crippen molar-refractivity contribution in [2.75, 3.05) is 123 Å². The van der Waals surface area contributed by atoms with Gasteiger partial charge in [0.2, 0.25) is 0 Å². The number of phenolic OH excluding ortho intramolecular Hbond substituents is 1. The number of carbonyl (C=O) groups excluding carboxylic acids is 1. The normalized spacial score (nSPS) is 15.6. The standard InChI is InChI=1S/C55H61FN8O12S/c1-2-74-55(68)51-52(66)49(77-53(51)59-41-6-4-3-5-7-41)31-38-8-11-47(46(65)30-38)75-29-28-69-20-13-58-35-42(61-57)37-73-27-26-72-25-24-71-23-22-70-21-19-62-15-17-63(18-16-62)43-10-9-39-32-44(54(67)76-48(39)34-43)45-36-64-14-12-40(56)33-50(64)60-45/h3-12,14,30-36,65-66H,2,13,15-29,37,57H2,1H3/b49-31-,58-35?,59-53?,61-42?. The molecule has 406 valence electrons. The van der Waals surface area contributed by atoms with Crippen molar-refractivity contribution in [1.29, 1.82) is 0 Å². The molecule has 0 radical (unpaired) electrons. The maximum Gasteiger partial charge on any atom is 0.345 e. The molecule has 3 aromatic heterocycles. The number of anilines is 1. The Labute approximate surface area is 447 Å². The van der Waals surface area contributed by atoms with Crippen LogP contribution in [0.4, 0.5) is 15.8 Å². The zero-order chi connectivity index (χ0) is 53.8. The van der Waals surface area contributed by atoms with Crippen LogP contribution < -0.4 is 21.1 Å². The van der Waals surface area contributed by atoms with Gasteiger partial charge < -0.3 is 62.9 Å². The van der Waals surface area contributed by atoms with Gasteiger partial charge in [0, 0.05) is 74.5 Å². The Balaban J connectivity index is 0.614. The van der Waals surface area contributed by atoms with Crippen molar-refractivity contribution >= 4 is 68.8 Å². The van der Waals surface area contributed by atoms with Gasteiger partial charge in [0.15, 0.2) is 11.5 Å². The number of halogens is 1. The second kappa shape index (κ2) is 28.6. The number of esters is 1. The fourth-order valence-electron chi connectivity index (χ4n) is 8.04.